The summed E-state index contributed by atoms with van der Waals surface area (Å²) in [6.07, 6.45) is 0.888. The number of carbonyl (C=O) groups excluding carboxylic acids is 1. The normalized spacial score (nSPS) is 20.9. The maximum absolute atomic E-state index is 13.6. The summed E-state index contributed by atoms with van der Waals surface area (Å²) in [6.45, 7) is 3.45. The standard InChI is InChI=1S/C38H38O10/c1-22-32(47-24-15-11-8-12-16-24)25-19-28-34(46-21-45-28)36(44-6)30(25)31-26(20-27(41-3)33(42-4)35(31)43-5)37(38(22,2)40)48-29(39)18-17-23-13-9-7-10-14-23/h7-20,22,32,37,40H,21H2,1-6H3/b18-17+/t22-,32+,37-,38-/m0/s1. The number of hydrogen-bond donors (Lipinski definition) is 1. The van der Waals surface area contributed by atoms with Gasteiger partial charge in [-0.25, -0.2) is 4.79 Å². The van der Waals surface area contributed by atoms with Crippen molar-refractivity contribution >= 4 is 12.0 Å². The fourth-order valence-corrected chi connectivity index (χ4v) is 6.36. The zero-order chi connectivity index (χ0) is 34.0. The Morgan fingerprint density at radius 1 is 0.833 bits per heavy atom. The first-order valence-corrected chi connectivity index (χ1v) is 15.4. The maximum Gasteiger partial charge on any atom is 0.331 e. The van der Waals surface area contributed by atoms with Crippen molar-refractivity contribution in [2.75, 3.05) is 35.2 Å². The molecule has 0 bridgehead atoms. The fourth-order valence-electron chi connectivity index (χ4n) is 6.36. The van der Waals surface area contributed by atoms with Crippen LogP contribution < -0.4 is 33.2 Å². The van der Waals surface area contributed by atoms with Gasteiger partial charge < -0.3 is 43.0 Å². The Balaban J connectivity index is 1.67. The first kappa shape index (κ1) is 32.6. The lowest BCUT2D eigenvalue weighted by Crippen LogP contribution is -2.46. The van der Waals surface area contributed by atoms with Crippen LogP contribution in [0.3, 0.4) is 0 Å². The lowest BCUT2D eigenvalue weighted by molar-refractivity contribution is -0.172. The Morgan fingerprint density at radius 3 is 2.12 bits per heavy atom. The average molecular weight is 655 g/mol. The molecule has 6 rings (SSSR count). The second-order valence-electron chi connectivity index (χ2n) is 11.6. The van der Waals surface area contributed by atoms with E-state index in [4.69, 9.17) is 37.9 Å². The van der Waals surface area contributed by atoms with E-state index in [0.717, 1.165) is 5.56 Å². The number of ether oxygens (including phenoxy) is 8. The minimum atomic E-state index is -1.74. The van der Waals surface area contributed by atoms with Crippen LogP contribution in [-0.2, 0) is 9.53 Å². The molecule has 0 amide bonds. The Bertz CT molecular complexity index is 1820. The zero-order valence-corrected chi connectivity index (χ0v) is 27.6. The quantitative estimate of drug-likeness (QED) is 0.151. The van der Waals surface area contributed by atoms with Gasteiger partial charge in [0.25, 0.3) is 0 Å². The van der Waals surface area contributed by atoms with Crippen molar-refractivity contribution in [3.8, 4) is 51.4 Å². The molecule has 10 nitrogen and oxygen atoms in total. The molecule has 1 aliphatic carbocycles. The average Bonchev–Trinajstić information content (AvgIpc) is 3.59. The van der Waals surface area contributed by atoms with E-state index in [2.05, 4.69) is 0 Å². The number of carbonyl (C=O) groups is 1. The molecule has 4 aromatic rings. The van der Waals surface area contributed by atoms with Crippen LogP contribution in [0.1, 0.15) is 42.7 Å². The minimum Gasteiger partial charge on any atom is -0.493 e. The van der Waals surface area contributed by atoms with E-state index in [1.165, 1.54) is 34.5 Å². The number of hydrogen-bond acceptors (Lipinski definition) is 10. The van der Waals surface area contributed by atoms with Crippen molar-refractivity contribution in [1.82, 2.24) is 0 Å². The SMILES string of the molecule is COc1cc2c(c(OC)c1OC)-c1c(cc3c(c1OC)OCO3)[C@H](Oc1ccccc1)[C@H](C)[C@](C)(O)[C@H]2OC(=O)/C=C/c1ccccc1. The second kappa shape index (κ2) is 13.4. The van der Waals surface area contributed by atoms with E-state index in [0.29, 0.717) is 51.0 Å². The van der Waals surface area contributed by atoms with Crippen LogP contribution in [0.25, 0.3) is 17.2 Å². The highest BCUT2D eigenvalue weighted by molar-refractivity contribution is 5.91. The van der Waals surface area contributed by atoms with E-state index in [1.54, 1.807) is 19.1 Å². The molecule has 4 aromatic carbocycles. The van der Waals surface area contributed by atoms with Crippen LogP contribution in [0, 0.1) is 5.92 Å². The second-order valence-corrected chi connectivity index (χ2v) is 11.6. The van der Waals surface area contributed by atoms with Crippen LogP contribution >= 0.6 is 0 Å². The molecule has 0 unspecified atom stereocenters. The van der Waals surface area contributed by atoms with Gasteiger partial charge in [-0.05, 0) is 42.8 Å². The molecule has 1 aliphatic heterocycles. The van der Waals surface area contributed by atoms with E-state index in [1.807, 2.05) is 73.7 Å². The number of aliphatic hydroxyl groups is 1. The van der Waals surface area contributed by atoms with E-state index in [9.17, 15) is 9.90 Å². The summed E-state index contributed by atoms with van der Waals surface area (Å²) in [5.74, 6) is 1.22. The van der Waals surface area contributed by atoms with Gasteiger partial charge in [0.2, 0.25) is 18.3 Å². The number of benzene rings is 4. The van der Waals surface area contributed by atoms with Crippen molar-refractivity contribution in [2.45, 2.75) is 31.7 Å². The maximum atomic E-state index is 13.6. The van der Waals surface area contributed by atoms with Crippen LogP contribution in [-0.4, -0.2) is 51.9 Å². The molecule has 2 aliphatic rings. The molecule has 0 fully saturated rings. The molecule has 1 heterocycles. The fraction of sp³-hybridized carbons (Fsp3) is 0.289. The molecule has 0 spiro atoms. The van der Waals surface area contributed by atoms with E-state index in [-0.39, 0.29) is 18.3 Å². The predicted molar refractivity (Wildman–Crippen MR) is 178 cm³/mol. The molecule has 4 atom stereocenters. The number of para-hydroxylation sites is 1. The highest BCUT2D eigenvalue weighted by Crippen LogP contribution is 2.61. The Hall–Kier alpha value is -5.35. The van der Waals surface area contributed by atoms with Gasteiger partial charge in [-0.2, -0.15) is 0 Å². The topological polar surface area (TPSA) is 111 Å². The van der Waals surface area contributed by atoms with Crippen molar-refractivity contribution in [2.24, 2.45) is 5.92 Å². The van der Waals surface area contributed by atoms with Crippen LogP contribution in [0.5, 0.6) is 40.2 Å². The predicted octanol–water partition coefficient (Wildman–Crippen LogP) is 6.94. The molecule has 0 saturated heterocycles. The smallest absolute Gasteiger partial charge is 0.331 e. The third-order valence-corrected chi connectivity index (χ3v) is 8.91. The van der Waals surface area contributed by atoms with Crippen molar-refractivity contribution < 1.29 is 47.8 Å². The number of methoxy groups -OCH3 is 4. The van der Waals surface area contributed by atoms with Crippen molar-refractivity contribution in [3.63, 3.8) is 0 Å². The minimum absolute atomic E-state index is 0.0179. The Labute approximate surface area is 279 Å². The first-order chi connectivity index (χ1) is 23.2. The lowest BCUT2D eigenvalue weighted by Gasteiger charge is -2.44. The number of rotatable bonds is 9. The Morgan fingerprint density at radius 2 is 1.48 bits per heavy atom. The van der Waals surface area contributed by atoms with Crippen LogP contribution in [0.4, 0.5) is 0 Å². The summed E-state index contributed by atoms with van der Waals surface area (Å²) in [7, 11) is 6.02. The van der Waals surface area contributed by atoms with Gasteiger partial charge in [-0.15, -0.1) is 0 Å². The van der Waals surface area contributed by atoms with Gasteiger partial charge in [0.05, 0.1) is 28.4 Å². The molecule has 250 valence electrons. The summed E-state index contributed by atoms with van der Waals surface area (Å²) in [5, 5.41) is 12.7. The van der Waals surface area contributed by atoms with Gasteiger partial charge in [0, 0.05) is 34.2 Å². The molecule has 0 saturated carbocycles. The summed E-state index contributed by atoms with van der Waals surface area (Å²) < 4.78 is 48.4. The monoisotopic (exact) mass is 654 g/mol. The van der Waals surface area contributed by atoms with Gasteiger partial charge >= 0.3 is 5.97 Å². The number of esters is 1. The number of fused-ring (bicyclic) bond motifs is 4. The zero-order valence-electron chi connectivity index (χ0n) is 27.6. The third-order valence-electron chi connectivity index (χ3n) is 8.91. The molecule has 1 N–H and O–H groups in total. The highest BCUT2D eigenvalue weighted by Gasteiger charge is 2.51. The first-order valence-electron chi connectivity index (χ1n) is 15.4. The van der Waals surface area contributed by atoms with Gasteiger partial charge in [0.15, 0.2) is 29.1 Å². The highest BCUT2D eigenvalue weighted by atomic mass is 16.7. The summed E-state index contributed by atoms with van der Waals surface area (Å²) >= 11 is 0. The van der Waals surface area contributed by atoms with Crippen LogP contribution in [0.15, 0.2) is 78.9 Å². The largest absolute Gasteiger partial charge is 0.493 e. The summed E-state index contributed by atoms with van der Waals surface area (Å²) in [5.41, 5.74) is 1.04. The van der Waals surface area contributed by atoms with E-state index >= 15 is 0 Å². The van der Waals surface area contributed by atoms with Gasteiger partial charge in [-0.1, -0.05) is 55.5 Å². The Kier molecular flexibility index (Phi) is 9.10. The molecular formula is C38H38O10. The lowest BCUT2D eigenvalue weighted by atomic mass is 9.71. The van der Waals surface area contributed by atoms with Crippen molar-refractivity contribution in [1.29, 1.82) is 0 Å². The van der Waals surface area contributed by atoms with Crippen molar-refractivity contribution in [3.05, 3.63) is 95.6 Å². The molecular weight excluding hydrogens is 616 g/mol. The van der Waals surface area contributed by atoms with Gasteiger partial charge in [-0.3, -0.25) is 0 Å². The molecule has 0 aromatic heterocycles. The molecule has 0 radical (unpaired) electrons. The third kappa shape index (κ3) is 5.73. The van der Waals surface area contributed by atoms with Crippen LogP contribution in [0.2, 0.25) is 0 Å². The summed E-state index contributed by atoms with van der Waals surface area (Å²) in [4.78, 5) is 13.6. The van der Waals surface area contributed by atoms with Gasteiger partial charge in [0.1, 0.15) is 17.5 Å². The molecule has 10 heteroatoms. The molecule has 48 heavy (non-hydrogen) atoms. The summed E-state index contributed by atoms with van der Waals surface area (Å²) in [6, 6.07) is 22.2. The van der Waals surface area contributed by atoms with E-state index < -0.39 is 29.7 Å².